The Morgan fingerprint density at radius 1 is 1.32 bits per heavy atom. The first kappa shape index (κ1) is 17.4. The second-order valence-corrected chi connectivity index (χ2v) is 4.90. The molecule has 0 rings (SSSR count). The van der Waals surface area contributed by atoms with Crippen molar-refractivity contribution in [3.63, 3.8) is 0 Å². The van der Waals surface area contributed by atoms with E-state index in [2.05, 4.69) is 10.1 Å². The quantitative estimate of drug-likeness (QED) is 0.553. The van der Waals surface area contributed by atoms with Crippen LogP contribution < -0.4 is 5.32 Å². The van der Waals surface area contributed by atoms with Crippen LogP contribution in [0.15, 0.2) is 0 Å². The molecule has 2 unspecified atom stereocenters. The topological polar surface area (TPSA) is 113 Å². The fourth-order valence-corrected chi connectivity index (χ4v) is 1.35. The Kier molecular flexibility index (Phi) is 6.47. The molecule has 0 radical (unpaired) electrons. The van der Waals surface area contributed by atoms with E-state index < -0.39 is 29.4 Å². The molecule has 0 aliphatic rings. The van der Waals surface area contributed by atoms with Gasteiger partial charge in [-0.15, -0.1) is 0 Å². The number of aliphatic hydroxyl groups excluding tert-OH is 1. The van der Waals surface area contributed by atoms with Gasteiger partial charge in [0.05, 0.1) is 19.1 Å². The number of carboxylic acids is 1. The number of carbonyl (C=O) groups excluding carboxylic acids is 2. The largest absolute Gasteiger partial charge is 0.481 e. The minimum absolute atomic E-state index is 0.228. The first-order valence-electron chi connectivity index (χ1n) is 5.91. The fourth-order valence-electron chi connectivity index (χ4n) is 1.35. The normalized spacial score (nSPS) is 15.5. The minimum atomic E-state index is -1.45. The van der Waals surface area contributed by atoms with E-state index in [1.807, 2.05) is 0 Å². The van der Waals surface area contributed by atoms with Crippen LogP contribution in [-0.4, -0.2) is 47.8 Å². The molecule has 0 aromatic carbocycles. The number of carboxylic acid groups (broad SMARTS) is 1. The highest BCUT2D eigenvalue weighted by molar-refractivity contribution is 5.85. The van der Waals surface area contributed by atoms with Crippen molar-refractivity contribution in [1.82, 2.24) is 5.32 Å². The highest BCUT2D eigenvalue weighted by atomic mass is 16.5. The predicted octanol–water partition coefficient (Wildman–Crippen LogP) is -0.227. The maximum absolute atomic E-state index is 11.6. The zero-order chi connectivity index (χ0) is 15.2. The fraction of sp³-hybridized carbons (Fsp3) is 0.750. The number of methoxy groups -OCH3 is 1. The average molecular weight is 275 g/mol. The number of rotatable bonds is 7. The number of aliphatic carboxylic acids is 1. The lowest BCUT2D eigenvalue weighted by atomic mass is 9.76. The van der Waals surface area contributed by atoms with Crippen molar-refractivity contribution in [2.75, 3.05) is 13.7 Å². The van der Waals surface area contributed by atoms with Crippen molar-refractivity contribution in [3.05, 3.63) is 0 Å². The number of ether oxygens (including phenoxy) is 1. The van der Waals surface area contributed by atoms with Crippen LogP contribution in [0.3, 0.4) is 0 Å². The van der Waals surface area contributed by atoms with E-state index in [1.165, 1.54) is 6.92 Å². The van der Waals surface area contributed by atoms with Gasteiger partial charge in [0.15, 0.2) is 6.10 Å². The molecule has 0 bridgehead atoms. The van der Waals surface area contributed by atoms with Crippen LogP contribution >= 0.6 is 0 Å². The van der Waals surface area contributed by atoms with E-state index in [9.17, 15) is 19.5 Å². The second kappa shape index (κ2) is 7.08. The summed E-state index contributed by atoms with van der Waals surface area (Å²) >= 11 is 0. The highest BCUT2D eigenvalue weighted by Crippen LogP contribution is 2.31. The van der Waals surface area contributed by atoms with Gasteiger partial charge in [0.25, 0.3) is 0 Å². The van der Waals surface area contributed by atoms with Gasteiger partial charge in [-0.1, -0.05) is 13.8 Å². The van der Waals surface area contributed by atoms with Gasteiger partial charge in [-0.25, -0.2) is 4.79 Å². The summed E-state index contributed by atoms with van der Waals surface area (Å²) in [4.78, 5) is 33.7. The smallest absolute Gasteiger partial charge is 0.336 e. The molecule has 1 amide bonds. The Morgan fingerprint density at radius 2 is 1.84 bits per heavy atom. The van der Waals surface area contributed by atoms with E-state index in [0.717, 1.165) is 7.11 Å². The van der Waals surface area contributed by atoms with E-state index in [1.54, 1.807) is 13.8 Å². The molecule has 0 aliphatic heterocycles. The molecule has 2 atom stereocenters. The maximum atomic E-state index is 11.6. The molecule has 3 N–H and O–H groups in total. The summed E-state index contributed by atoms with van der Waals surface area (Å²) in [7, 11) is 1.12. The van der Waals surface area contributed by atoms with E-state index in [4.69, 9.17) is 5.11 Å². The van der Waals surface area contributed by atoms with Crippen LogP contribution in [0.25, 0.3) is 0 Å². The van der Waals surface area contributed by atoms with Crippen molar-refractivity contribution >= 4 is 17.8 Å². The first-order chi connectivity index (χ1) is 8.65. The molecule has 0 heterocycles. The van der Waals surface area contributed by atoms with E-state index >= 15 is 0 Å². The number of hydrogen-bond acceptors (Lipinski definition) is 5. The van der Waals surface area contributed by atoms with Gasteiger partial charge in [0.1, 0.15) is 0 Å². The number of esters is 1. The standard InChI is InChI=1S/C12H21NO6/c1-7(2)12(3,11(17)18)5-9(15)13-6-8(14)10(16)19-4/h7-8,14H,5-6H2,1-4H3,(H,13,15)(H,17,18). The van der Waals surface area contributed by atoms with E-state index in [0.29, 0.717) is 0 Å². The number of aliphatic hydroxyl groups is 1. The van der Waals surface area contributed by atoms with Crippen molar-refractivity contribution in [3.8, 4) is 0 Å². The van der Waals surface area contributed by atoms with Gasteiger partial charge in [-0.3, -0.25) is 9.59 Å². The lowest BCUT2D eigenvalue weighted by Crippen LogP contribution is -2.42. The Balaban J connectivity index is 4.46. The monoisotopic (exact) mass is 275 g/mol. The Hall–Kier alpha value is -1.63. The Morgan fingerprint density at radius 3 is 2.21 bits per heavy atom. The summed E-state index contributed by atoms with van der Waals surface area (Å²) in [6, 6.07) is 0. The number of hydrogen-bond donors (Lipinski definition) is 3. The van der Waals surface area contributed by atoms with Crippen LogP contribution in [0, 0.1) is 11.3 Å². The lowest BCUT2D eigenvalue weighted by molar-refractivity contribution is -0.154. The zero-order valence-electron chi connectivity index (χ0n) is 11.6. The molecule has 19 heavy (non-hydrogen) atoms. The molecule has 0 saturated carbocycles. The molecule has 7 heteroatoms. The van der Waals surface area contributed by atoms with Crippen LogP contribution in [0.4, 0.5) is 0 Å². The number of nitrogens with one attached hydrogen (secondary N) is 1. The van der Waals surface area contributed by atoms with Crippen molar-refractivity contribution < 1.29 is 29.3 Å². The molecular weight excluding hydrogens is 254 g/mol. The molecule has 0 saturated heterocycles. The molecule has 0 spiro atoms. The molecule has 0 aromatic heterocycles. The molecular formula is C12H21NO6. The summed E-state index contributed by atoms with van der Waals surface area (Å²) in [5.41, 5.74) is -1.19. The molecule has 0 fully saturated rings. The zero-order valence-corrected chi connectivity index (χ0v) is 11.6. The summed E-state index contributed by atoms with van der Waals surface area (Å²) in [6.07, 6.45) is -1.68. The molecule has 0 aromatic rings. The third kappa shape index (κ3) is 4.86. The molecule has 0 aliphatic carbocycles. The van der Waals surface area contributed by atoms with Gasteiger partial charge < -0.3 is 20.3 Å². The number of carbonyl (C=O) groups is 3. The van der Waals surface area contributed by atoms with Crippen molar-refractivity contribution in [1.29, 1.82) is 0 Å². The Bertz CT molecular complexity index is 354. The third-order valence-electron chi connectivity index (χ3n) is 3.26. The average Bonchev–Trinajstić information content (AvgIpc) is 2.34. The highest BCUT2D eigenvalue weighted by Gasteiger charge is 2.38. The number of amides is 1. The van der Waals surface area contributed by atoms with Crippen molar-refractivity contribution in [2.45, 2.75) is 33.3 Å². The van der Waals surface area contributed by atoms with Gasteiger partial charge in [0, 0.05) is 6.42 Å². The van der Waals surface area contributed by atoms with Gasteiger partial charge in [-0.2, -0.15) is 0 Å². The second-order valence-electron chi connectivity index (χ2n) is 4.90. The minimum Gasteiger partial charge on any atom is -0.481 e. The maximum Gasteiger partial charge on any atom is 0.336 e. The van der Waals surface area contributed by atoms with Crippen LogP contribution in [0.5, 0.6) is 0 Å². The SMILES string of the molecule is COC(=O)C(O)CNC(=O)CC(C)(C(=O)O)C(C)C. The summed E-state index contributed by atoms with van der Waals surface area (Å²) in [5, 5.41) is 20.7. The third-order valence-corrected chi connectivity index (χ3v) is 3.26. The molecule has 7 nitrogen and oxygen atoms in total. The van der Waals surface area contributed by atoms with Crippen LogP contribution in [0.1, 0.15) is 27.2 Å². The summed E-state index contributed by atoms with van der Waals surface area (Å²) in [6.45, 7) is 4.60. The van der Waals surface area contributed by atoms with Crippen LogP contribution in [0.2, 0.25) is 0 Å². The van der Waals surface area contributed by atoms with Gasteiger partial charge >= 0.3 is 11.9 Å². The summed E-state index contributed by atoms with van der Waals surface area (Å²) in [5.74, 6) is -2.70. The predicted molar refractivity (Wildman–Crippen MR) is 66.2 cm³/mol. The van der Waals surface area contributed by atoms with Gasteiger partial charge in [0.2, 0.25) is 5.91 Å². The van der Waals surface area contributed by atoms with Crippen molar-refractivity contribution in [2.24, 2.45) is 11.3 Å². The van der Waals surface area contributed by atoms with Crippen LogP contribution in [-0.2, 0) is 19.1 Å². The lowest BCUT2D eigenvalue weighted by Gasteiger charge is -2.28. The van der Waals surface area contributed by atoms with Gasteiger partial charge in [-0.05, 0) is 12.8 Å². The van der Waals surface area contributed by atoms with E-state index in [-0.39, 0.29) is 18.9 Å². The molecule has 110 valence electrons. The Labute approximate surface area is 111 Å². The first-order valence-corrected chi connectivity index (χ1v) is 5.91. The summed E-state index contributed by atoms with van der Waals surface area (Å²) < 4.78 is 4.29.